The van der Waals surface area contributed by atoms with Gasteiger partial charge in [-0.1, -0.05) is 34.3 Å². The number of hydrogen-bond donors (Lipinski definition) is 1. The van der Waals surface area contributed by atoms with E-state index >= 15 is 0 Å². The number of likely N-dealkylation sites (N-methyl/N-ethyl adjacent to an activating group) is 1. The Labute approximate surface area is 110 Å². The lowest BCUT2D eigenvalue weighted by Crippen LogP contribution is -2.12. The largest absolute Gasteiger partial charge is 0.392 e. The first-order valence-corrected chi connectivity index (χ1v) is 6.54. The van der Waals surface area contributed by atoms with E-state index in [1.165, 1.54) is 5.56 Å². The van der Waals surface area contributed by atoms with E-state index in [0.717, 1.165) is 23.2 Å². The highest BCUT2D eigenvalue weighted by atomic mass is 19.1. The van der Waals surface area contributed by atoms with Crippen LogP contribution in [0.3, 0.4) is 0 Å². The van der Waals surface area contributed by atoms with Crippen molar-refractivity contribution in [3.05, 3.63) is 46.9 Å². The fourth-order valence-corrected chi connectivity index (χ4v) is 2.22. The van der Waals surface area contributed by atoms with Gasteiger partial charge in [0.1, 0.15) is 5.82 Å². The van der Waals surface area contributed by atoms with E-state index in [0.29, 0.717) is 11.8 Å². The number of benzene rings is 1. The number of rotatable bonds is 5. The molecule has 0 aliphatic rings. The average molecular weight is 249 g/mol. The zero-order chi connectivity index (χ0) is 13.9. The monoisotopic (exact) mass is 249 g/mol. The molecule has 0 heterocycles. The summed E-state index contributed by atoms with van der Waals surface area (Å²) in [6, 6.07) is 3.32. The van der Waals surface area contributed by atoms with E-state index in [2.05, 4.69) is 39.6 Å². The van der Waals surface area contributed by atoms with Crippen LogP contribution in [0.1, 0.15) is 56.2 Å². The first-order valence-electron chi connectivity index (χ1n) is 6.54. The molecule has 2 heteroatoms. The van der Waals surface area contributed by atoms with Gasteiger partial charge in [0.2, 0.25) is 0 Å². The summed E-state index contributed by atoms with van der Waals surface area (Å²) in [4.78, 5) is 0. The third kappa shape index (κ3) is 3.34. The SMILES string of the molecule is C=C(Cc1c(C(C)C)cc(F)cc1C(C)C)NC. The van der Waals surface area contributed by atoms with Crippen LogP contribution in [0.15, 0.2) is 24.4 Å². The molecule has 0 bridgehead atoms. The molecule has 0 amide bonds. The molecule has 0 aliphatic heterocycles. The van der Waals surface area contributed by atoms with E-state index in [-0.39, 0.29) is 5.82 Å². The maximum atomic E-state index is 13.7. The molecule has 1 aromatic rings. The molecule has 1 N–H and O–H groups in total. The Morgan fingerprint density at radius 1 is 1.17 bits per heavy atom. The highest BCUT2D eigenvalue weighted by Crippen LogP contribution is 2.30. The first-order chi connectivity index (χ1) is 8.36. The van der Waals surface area contributed by atoms with Crippen LogP contribution in [0, 0.1) is 5.82 Å². The van der Waals surface area contributed by atoms with Gasteiger partial charge in [-0.25, -0.2) is 4.39 Å². The van der Waals surface area contributed by atoms with Crippen molar-refractivity contribution < 1.29 is 4.39 Å². The molecule has 0 saturated heterocycles. The topological polar surface area (TPSA) is 12.0 Å². The predicted octanol–water partition coefficient (Wildman–Crippen LogP) is 4.35. The molecular formula is C16H24FN. The summed E-state index contributed by atoms with van der Waals surface area (Å²) in [5.41, 5.74) is 4.37. The maximum Gasteiger partial charge on any atom is 0.123 e. The van der Waals surface area contributed by atoms with Crippen molar-refractivity contribution in [2.24, 2.45) is 0 Å². The second-order valence-corrected chi connectivity index (χ2v) is 5.40. The second-order valence-electron chi connectivity index (χ2n) is 5.40. The summed E-state index contributed by atoms with van der Waals surface area (Å²) in [5.74, 6) is 0.497. The van der Waals surface area contributed by atoms with Gasteiger partial charge < -0.3 is 5.32 Å². The Kier molecular flexibility index (Phi) is 4.94. The third-order valence-corrected chi connectivity index (χ3v) is 3.27. The molecule has 0 atom stereocenters. The van der Waals surface area contributed by atoms with Crippen molar-refractivity contribution >= 4 is 0 Å². The van der Waals surface area contributed by atoms with Gasteiger partial charge in [0.15, 0.2) is 0 Å². The van der Waals surface area contributed by atoms with Crippen LogP contribution in [0.2, 0.25) is 0 Å². The van der Waals surface area contributed by atoms with E-state index in [1.807, 2.05) is 7.05 Å². The number of nitrogens with one attached hydrogen (secondary N) is 1. The molecule has 100 valence electrons. The Morgan fingerprint density at radius 3 is 1.94 bits per heavy atom. The standard InChI is InChI=1S/C16H24FN/c1-10(2)14-8-13(17)9-15(11(3)4)16(14)7-12(5)18-6/h8-11,18H,5,7H2,1-4,6H3. The zero-order valence-corrected chi connectivity index (χ0v) is 12.1. The van der Waals surface area contributed by atoms with Crippen LogP contribution < -0.4 is 5.32 Å². The van der Waals surface area contributed by atoms with Crippen LogP contribution in [-0.2, 0) is 6.42 Å². The van der Waals surface area contributed by atoms with Gasteiger partial charge in [0, 0.05) is 19.2 Å². The highest BCUT2D eigenvalue weighted by Gasteiger charge is 2.16. The van der Waals surface area contributed by atoms with Crippen LogP contribution >= 0.6 is 0 Å². The van der Waals surface area contributed by atoms with Gasteiger partial charge in [0.05, 0.1) is 0 Å². The van der Waals surface area contributed by atoms with E-state index in [1.54, 1.807) is 12.1 Å². The summed E-state index contributed by atoms with van der Waals surface area (Å²) in [7, 11) is 1.87. The molecule has 1 nitrogen and oxygen atoms in total. The molecule has 1 aromatic carbocycles. The van der Waals surface area contributed by atoms with E-state index < -0.39 is 0 Å². The third-order valence-electron chi connectivity index (χ3n) is 3.27. The van der Waals surface area contributed by atoms with Crippen LogP contribution in [0.4, 0.5) is 4.39 Å². The van der Waals surface area contributed by atoms with Crippen molar-refractivity contribution in [1.82, 2.24) is 5.32 Å². The predicted molar refractivity (Wildman–Crippen MR) is 76.5 cm³/mol. The van der Waals surface area contributed by atoms with Gasteiger partial charge in [-0.15, -0.1) is 0 Å². The Morgan fingerprint density at radius 2 is 1.61 bits per heavy atom. The fourth-order valence-electron chi connectivity index (χ4n) is 2.22. The molecular weight excluding hydrogens is 225 g/mol. The van der Waals surface area contributed by atoms with Crippen molar-refractivity contribution in [3.63, 3.8) is 0 Å². The molecule has 1 rings (SSSR count). The zero-order valence-electron chi connectivity index (χ0n) is 12.1. The lowest BCUT2D eigenvalue weighted by Gasteiger charge is -2.20. The second kappa shape index (κ2) is 6.03. The van der Waals surface area contributed by atoms with Crippen molar-refractivity contribution in [1.29, 1.82) is 0 Å². The Bertz CT molecular complexity index is 404. The van der Waals surface area contributed by atoms with Crippen molar-refractivity contribution in [3.8, 4) is 0 Å². The molecule has 0 fully saturated rings. The summed E-state index contributed by atoms with van der Waals surface area (Å²) < 4.78 is 13.7. The van der Waals surface area contributed by atoms with Gasteiger partial charge >= 0.3 is 0 Å². The minimum atomic E-state index is -0.138. The number of hydrogen-bond acceptors (Lipinski definition) is 1. The summed E-state index contributed by atoms with van der Waals surface area (Å²) in [5, 5.41) is 3.07. The molecule has 0 spiro atoms. The van der Waals surface area contributed by atoms with Crippen LogP contribution in [0.5, 0.6) is 0 Å². The van der Waals surface area contributed by atoms with Gasteiger partial charge in [0.25, 0.3) is 0 Å². The lowest BCUT2D eigenvalue weighted by molar-refractivity contribution is 0.615. The van der Waals surface area contributed by atoms with Crippen LogP contribution in [0.25, 0.3) is 0 Å². The fraction of sp³-hybridized carbons (Fsp3) is 0.500. The molecule has 0 aliphatic carbocycles. The average Bonchev–Trinajstić information content (AvgIpc) is 2.29. The summed E-state index contributed by atoms with van der Waals surface area (Å²) in [6.45, 7) is 12.4. The highest BCUT2D eigenvalue weighted by molar-refractivity contribution is 5.41. The number of halogens is 1. The van der Waals surface area contributed by atoms with Crippen LogP contribution in [-0.4, -0.2) is 7.05 Å². The molecule has 0 radical (unpaired) electrons. The van der Waals surface area contributed by atoms with Gasteiger partial charge in [-0.3, -0.25) is 0 Å². The smallest absolute Gasteiger partial charge is 0.123 e. The lowest BCUT2D eigenvalue weighted by atomic mass is 9.86. The Balaban J connectivity index is 3.36. The molecule has 0 aromatic heterocycles. The van der Waals surface area contributed by atoms with Gasteiger partial charge in [-0.05, 0) is 40.7 Å². The first kappa shape index (κ1) is 14.7. The normalized spacial score (nSPS) is 11.1. The minimum Gasteiger partial charge on any atom is -0.392 e. The molecule has 18 heavy (non-hydrogen) atoms. The summed E-state index contributed by atoms with van der Waals surface area (Å²) in [6.07, 6.45) is 0.762. The van der Waals surface area contributed by atoms with E-state index in [9.17, 15) is 4.39 Å². The number of allylic oxidation sites excluding steroid dienone is 1. The Hall–Kier alpha value is -1.31. The van der Waals surface area contributed by atoms with E-state index in [4.69, 9.17) is 0 Å². The van der Waals surface area contributed by atoms with Gasteiger partial charge in [-0.2, -0.15) is 0 Å². The van der Waals surface area contributed by atoms with Crippen molar-refractivity contribution in [2.45, 2.75) is 46.0 Å². The maximum absolute atomic E-state index is 13.7. The quantitative estimate of drug-likeness (QED) is 0.818. The minimum absolute atomic E-state index is 0.138. The van der Waals surface area contributed by atoms with Crippen molar-refractivity contribution in [2.75, 3.05) is 7.05 Å². The summed E-state index contributed by atoms with van der Waals surface area (Å²) >= 11 is 0. The molecule has 0 saturated carbocycles. The molecule has 0 unspecified atom stereocenters.